The minimum absolute atomic E-state index is 0.0800. The van der Waals surface area contributed by atoms with E-state index in [4.69, 9.17) is 10.5 Å². The van der Waals surface area contributed by atoms with Crippen LogP contribution in [0.25, 0.3) is 0 Å². The van der Waals surface area contributed by atoms with E-state index < -0.39 is 4.92 Å². The topological polar surface area (TPSA) is 78.4 Å². The minimum Gasteiger partial charge on any atom is -0.489 e. The van der Waals surface area contributed by atoms with Gasteiger partial charge in [0.25, 0.3) is 5.69 Å². The molecule has 0 radical (unpaired) electrons. The highest BCUT2D eigenvalue weighted by molar-refractivity contribution is 7.98. The number of nitro groups is 1. The number of anilines is 1. The van der Waals surface area contributed by atoms with Crippen molar-refractivity contribution in [2.24, 2.45) is 0 Å². The molecule has 104 valence electrons. The molecule has 1 aromatic rings. The van der Waals surface area contributed by atoms with Gasteiger partial charge in [-0.3, -0.25) is 10.1 Å². The fourth-order valence-corrected chi connectivity index (χ4v) is 2.89. The molecule has 19 heavy (non-hydrogen) atoms. The lowest BCUT2D eigenvalue weighted by Crippen LogP contribution is -2.20. The fourth-order valence-electron chi connectivity index (χ4n) is 2.34. The van der Waals surface area contributed by atoms with Crippen LogP contribution in [0.1, 0.15) is 32.1 Å². The number of ether oxygens (including phenoxy) is 1. The molecule has 2 rings (SSSR count). The van der Waals surface area contributed by atoms with Gasteiger partial charge in [-0.05, 0) is 38.0 Å². The molecule has 1 aliphatic rings. The largest absolute Gasteiger partial charge is 0.489 e. The van der Waals surface area contributed by atoms with Gasteiger partial charge in [-0.15, -0.1) is 11.8 Å². The molecule has 0 heterocycles. The molecule has 0 saturated heterocycles. The Labute approximate surface area is 116 Å². The second kappa shape index (κ2) is 6.14. The SMILES string of the molecule is CSc1cc(N)c([N+](=O)[O-])cc1OC1CCCCC1. The van der Waals surface area contributed by atoms with E-state index in [-0.39, 0.29) is 17.5 Å². The summed E-state index contributed by atoms with van der Waals surface area (Å²) >= 11 is 1.49. The predicted molar refractivity (Wildman–Crippen MR) is 76.8 cm³/mol. The summed E-state index contributed by atoms with van der Waals surface area (Å²) in [5.41, 5.74) is 5.79. The quantitative estimate of drug-likeness (QED) is 0.395. The van der Waals surface area contributed by atoms with Gasteiger partial charge in [-0.25, -0.2) is 0 Å². The van der Waals surface area contributed by atoms with Crippen LogP contribution in [0.4, 0.5) is 11.4 Å². The number of rotatable bonds is 4. The van der Waals surface area contributed by atoms with Crippen molar-refractivity contribution in [2.75, 3.05) is 12.0 Å². The van der Waals surface area contributed by atoms with Crippen LogP contribution in [0.5, 0.6) is 5.75 Å². The van der Waals surface area contributed by atoms with Gasteiger partial charge in [0.1, 0.15) is 11.4 Å². The molecule has 0 aromatic heterocycles. The molecule has 0 unspecified atom stereocenters. The first-order chi connectivity index (χ1) is 9.11. The van der Waals surface area contributed by atoms with Gasteiger partial charge < -0.3 is 10.5 Å². The molecule has 1 saturated carbocycles. The Morgan fingerprint density at radius 3 is 2.63 bits per heavy atom. The van der Waals surface area contributed by atoms with E-state index in [0.717, 1.165) is 30.6 Å². The van der Waals surface area contributed by atoms with Crippen LogP contribution in [0.15, 0.2) is 17.0 Å². The second-order valence-corrected chi connectivity index (χ2v) is 5.54. The Hall–Kier alpha value is -1.43. The molecule has 0 amide bonds. The van der Waals surface area contributed by atoms with Gasteiger partial charge in [0.05, 0.1) is 22.0 Å². The van der Waals surface area contributed by atoms with Crippen LogP contribution in [-0.4, -0.2) is 17.3 Å². The number of nitrogens with zero attached hydrogens (tertiary/aromatic N) is 1. The zero-order valence-corrected chi connectivity index (χ0v) is 11.7. The maximum atomic E-state index is 10.9. The molecule has 1 fully saturated rings. The first-order valence-electron chi connectivity index (χ1n) is 6.40. The number of benzene rings is 1. The standard InChI is InChI=1S/C13H18N2O3S/c1-19-13-7-10(14)11(15(16)17)8-12(13)18-9-5-3-2-4-6-9/h7-9H,2-6,14H2,1H3. The molecule has 0 atom stereocenters. The summed E-state index contributed by atoms with van der Waals surface area (Å²) in [6.45, 7) is 0. The van der Waals surface area contributed by atoms with E-state index in [9.17, 15) is 10.1 Å². The molecule has 1 aromatic carbocycles. The van der Waals surface area contributed by atoms with E-state index in [0.29, 0.717) is 5.75 Å². The molecule has 0 bridgehead atoms. The number of hydrogen-bond acceptors (Lipinski definition) is 5. The molecule has 2 N–H and O–H groups in total. The van der Waals surface area contributed by atoms with Crippen molar-refractivity contribution < 1.29 is 9.66 Å². The highest BCUT2D eigenvalue weighted by Crippen LogP contribution is 2.37. The van der Waals surface area contributed by atoms with Crippen molar-refractivity contribution in [3.05, 3.63) is 22.2 Å². The minimum atomic E-state index is -0.465. The summed E-state index contributed by atoms with van der Waals surface area (Å²) in [6.07, 6.45) is 7.69. The summed E-state index contributed by atoms with van der Waals surface area (Å²) < 4.78 is 5.94. The van der Waals surface area contributed by atoms with Crippen LogP contribution in [0.3, 0.4) is 0 Å². The highest BCUT2D eigenvalue weighted by Gasteiger charge is 2.21. The van der Waals surface area contributed by atoms with Crippen LogP contribution in [0, 0.1) is 10.1 Å². The summed E-state index contributed by atoms with van der Waals surface area (Å²) in [4.78, 5) is 11.3. The summed E-state index contributed by atoms with van der Waals surface area (Å²) in [6, 6.07) is 3.08. The third-order valence-corrected chi connectivity index (χ3v) is 4.11. The third kappa shape index (κ3) is 3.32. The third-order valence-electron chi connectivity index (χ3n) is 3.36. The Kier molecular flexibility index (Phi) is 4.52. The van der Waals surface area contributed by atoms with Crippen LogP contribution in [-0.2, 0) is 0 Å². The maximum Gasteiger partial charge on any atom is 0.295 e. The number of nitro benzene ring substituents is 1. The normalized spacial score (nSPS) is 16.3. The number of nitrogens with two attached hydrogens (primary N) is 1. The lowest BCUT2D eigenvalue weighted by molar-refractivity contribution is -0.384. The van der Waals surface area contributed by atoms with Crippen molar-refractivity contribution in [1.82, 2.24) is 0 Å². The summed E-state index contributed by atoms with van der Waals surface area (Å²) in [5, 5.41) is 10.9. The molecule has 0 aliphatic heterocycles. The average molecular weight is 282 g/mol. The van der Waals surface area contributed by atoms with Crippen molar-refractivity contribution in [3.63, 3.8) is 0 Å². The smallest absolute Gasteiger partial charge is 0.295 e. The number of hydrogen-bond donors (Lipinski definition) is 1. The van der Waals surface area contributed by atoms with Crippen molar-refractivity contribution in [1.29, 1.82) is 0 Å². The maximum absolute atomic E-state index is 10.9. The molecular weight excluding hydrogens is 264 g/mol. The van der Waals surface area contributed by atoms with Crippen molar-refractivity contribution >= 4 is 23.1 Å². The van der Waals surface area contributed by atoms with Gasteiger partial charge in [0.15, 0.2) is 0 Å². The predicted octanol–water partition coefficient (Wildman–Crippen LogP) is 3.61. The molecule has 0 spiro atoms. The Morgan fingerprint density at radius 2 is 2.05 bits per heavy atom. The lowest BCUT2D eigenvalue weighted by Gasteiger charge is -2.24. The Balaban J connectivity index is 2.26. The van der Waals surface area contributed by atoms with E-state index in [1.165, 1.54) is 24.2 Å². The Morgan fingerprint density at radius 1 is 1.37 bits per heavy atom. The monoisotopic (exact) mass is 282 g/mol. The molecule has 1 aliphatic carbocycles. The second-order valence-electron chi connectivity index (χ2n) is 4.70. The Bertz CT molecular complexity index is 473. The highest BCUT2D eigenvalue weighted by atomic mass is 32.2. The van der Waals surface area contributed by atoms with Crippen LogP contribution >= 0.6 is 11.8 Å². The van der Waals surface area contributed by atoms with Gasteiger partial charge in [0, 0.05) is 0 Å². The average Bonchev–Trinajstić information content (AvgIpc) is 2.41. The zero-order chi connectivity index (χ0) is 13.8. The van der Waals surface area contributed by atoms with Crippen LogP contribution in [0.2, 0.25) is 0 Å². The van der Waals surface area contributed by atoms with Crippen LogP contribution < -0.4 is 10.5 Å². The summed E-state index contributed by atoms with van der Waals surface area (Å²) in [7, 11) is 0. The number of thioether (sulfide) groups is 1. The van der Waals surface area contributed by atoms with E-state index >= 15 is 0 Å². The summed E-state index contributed by atoms with van der Waals surface area (Å²) in [5.74, 6) is 0.584. The first kappa shape index (κ1) is 14.0. The zero-order valence-electron chi connectivity index (χ0n) is 10.9. The van der Waals surface area contributed by atoms with E-state index in [1.807, 2.05) is 6.26 Å². The molecular formula is C13H18N2O3S. The van der Waals surface area contributed by atoms with E-state index in [2.05, 4.69) is 0 Å². The first-order valence-corrected chi connectivity index (χ1v) is 7.63. The fraction of sp³-hybridized carbons (Fsp3) is 0.538. The van der Waals surface area contributed by atoms with Crippen molar-refractivity contribution in [2.45, 2.75) is 43.1 Å². The molecule has 6 heteroatoms. The lowest BCUT2D eigenvalue weighted by atomic mass is 9.98. The van der Waals surface area contributed by atoms with Gasteiger partial charge >= 0.3 is 0 Å². The van der Waals surface area contributed by atoms with Gasteiger partial charge in [-0.1, -0.05) is 6.42 Å². The van der Waals surface area contributed by atoms with Gasteiger partial charge in [0.2, 0.25) is 0 Å². The van der Waals surface area contributed by atoms with Gasteiger partial charge in [-0.2, -0.15) is 0 Å². The number of nitrogen functional groups attached to an aromatic ring is 1. The van der Waals surface area contributed by atoms with E-state index in [1.54, 1.807) is 6.07 Å². The van der Waals surface area contributed by atoms with Crippen molar-refractivity contribution in [3.8, 4) is 5.75 Å². The molecule has 5 nitrogen and oxygen atoms in total.